The van der Waals surface area contributed by atoms with E-state index in [2.05, 4.69) is 19.2 Å². The Kier molecular flexibility index (Phi) is 6.99. The molecule has 0 aromatic carbocycles. The van der Waals surface area contributed by atoms with E-state index in [1.54, 1.807) is 0 Å². The molecule has 1 saturated carbocycles. The van der Waals surface area contributed by atoms with Gasteiger partial charge in [-0.1, -0.05) is 26.7 Å². The molecule has 4 heteroatoms. The Labute approximate surface area is 126 Å². The summed E-state index contributed by atoms with van der Waals surface area (Å²) in [6.07, 6.45) is 8.69. The van der Waals surface area contributed by atoms with Crippen molar-refractivity contribution < 1.29 is 8.95 Å². The van der Waals surface area contributed by atoms with Crippen molar-refractivity contribution in [3.8, 4) is 0 Å². The van der Waals surface area contributed by atoms with Crippen molar-refractivity contribution in [2.24, 2.45) is 5.92 Å². The predicted octanol–water partition coefficient (Wildman–Crippen LogP) is 2.86. The van der Waals surface area contributed by atoms with E-state index in [0.29, 0.717) is 11.3 Å². The zero-order valence-corrected chi connectivity index (χ0v) is 13.9. The summed E-state index contributed by atoms with van der Waals surface area (Å²) in [6.45, 7) is 6.26. The van der Waals surface area contributed by atoms with E-state index < -0.39 is 10.8 Å². The molecule has 0 bridgehead atoms. The van der Waals surface area contributed by atoms with Crippen molar-refractivity contribution in [3.63, 3.8) is 0 Å². The van der Waals surface area contributed by atoms with Crippen LogP contribution in [0.15, 0.2) is 0 Å². The van der Waals surface area contributed by atoms with E-state index in [1.165, 1.54) is 25.7 Å². The van der Waals surface area contributed by atoms with Crippen LogP contribution in [0.2, 0.25) is 0 Å². The molecule has 0 spiro atoms. The molecule has 5 unspecified atom stereocenters. The second kappa shape index (κ2) is 8.50. The van der Waals surface area contributed by atoms with Crippen LogP contribution in [0, 0.1) is 5.92 Å². The Morgan fingerprint density at radius 3 is 2.75 bits per heavy atom. The molecule has 0 radical (unpaired) electrons. The quantitative estimate of drug-likeness (QED) is 0.786. The zero-order valence-electron chi connectivity index (χ0n) is 13.1. The normalized spacial score (nSPS) is 36.1. The topological polar surface area (TPSA) is 38.3 Å². The number of ether oxygens (including phenoxy) is 1. The molecule has 2 rings (SSSR count). The molecule has 0 aromatic heterocycles. The Balaban J connectivity index is 1.92. The highest BCUT2D eigenvalue weighted by atomic mass is 32.2. The fourth-order valence-electron chi connectivity index (χ4n) is 3.75. The van der Waals surface area contributed by atoms with Crippen LogP contribution >= 0.6 is 0 Å². The van der Waals surface area contributed by atoms with Gasteiger partial charge in [0, 0.05) is 23.4 Å². The van der Waals surface area contributed by atoms with E-state index in [-0.39, 0.29) is 6.10 Å². The molecular weight excluding hydrogens is 270 g/mol. The van der Waals surface area contributed by atoms with Gasteiger partial charge in [0.15, 0.2) is 0 Å². The molecule has 0 amide bonds. The molecule has 1 N–H and O–H groups in total. The highest BCUT2D eigenvalue weighted by Crippen LogP contribution is 2.31. The molecule has 1 saturated heterocycles. The SMILES string of the molecule is CCCC1CCC(NCC)C(S(=O)CC2CCCO2)C1. The minimum atomic E-state index is -0.740. The molecule has 5 atom stereocenters. The fraction of sp³-hybridized carbons (Fsp3) is 1.00. The summed E-state index contributed by atoms with van der Waals surface area (Å²) >= 11 is 0. The highest BCUT2D eigenvalue weighted by molar-refractivity contribution is 7.85. The average Bonchev–Trinajstić information content (AvgIpc) is 2.94. The van der Waals surface area contributed by atoms with Crippen LogP contribution in [0.25, 0.3) is 0 Å². The van der Waals surface area contributed by atoms with E-state index >= 15 is 0 Å². The van der Waals surface area contributed by atoms with Gasteiger partial charge in [-0.05, 0) is 44.6 Å². The van der Waals surface area contributed by atoms with E-state index in [1.807, 2.05) is 0 Å². The fourth-order valence-corrected chi connectivity index (χ4v) is 5.71. The summed E-state index contributed by atoms with van der Waals surface area (Å²) in [6, 6.07) is 0.454. The molecular formula is C16H31NO2S. The molecule has 0 aromatic rings. The van der Waals surface area contributed by atoms with E-state index in [0.717, 1.165) is 44.1 Å². The third-order valence-electron chi connectivity index (χ3n) is 4.78. The number of hydrogen-bond donors (Lipinski definition) is 1. The van der Waals surface area contributed by atoms with Crippen LogP contribution in [0.1, 0.15) is 58.8 Å². The molecule has 20 heavy (non-hydrogen) atoms. The van der Waals surface area contributed by atoms with Gasteiger partial charge in [-0.25, -0.2) is 0 Å². The molecule has 2 aliphatic rings. The maximum Gasteiger partial charge on any atom is 0.0691 e. The maximum absolute atomic E-state index is 12.8. The predicted molar refractivity (Wildman–Crippen MR) is 85.5 cm³/mol. The van der Waals surface area contributed by atoms with Crippen LogP contribution in [-0.4, -0.2) is 40.5 Å². The third kappa shape index (κ3) is 4.54. The van der Waals surface area contributed by atoms with Crippen molar-refractivity contribution in [2.45, 2.75) is 76.2 Å². The Morgan fingerprint density at radius 2 is 2.10 bits per heavy atom. The van der Waals surface area contributed by atoms with Gasteiger partial charge in [-0.3, -0.25) is 4.21 Å². The van der Waals surface area contributed by atoms with Gasteiger partial charge in [-0.15, -0.1) is 0 Å². The van der Waals surface area contributed by atoms with E-state index in [4.69, 9.17) is 4.74 Å². The van der Waals surface area contributed by atoms with Crippen molar-refractivity contribution in [1.82, 2.24) is 5.32 Å². The standard InChI is InChI=1S/C16H31NO2S/c1-3-6-13-8-9-15(17-4-2)16(11-13)20(18)12-14-7-5-10-19-14/h13-17H,3-12H2,1-2H3. The van der Waals surface area contributed by atoms with Gasteiger partial charge in [0.25, 0.3) is 0 Å². The Morgan fingerprint density at radius 1 is 1.25 bits per heavy atom. The number of rotatable bonds is 7. The number of nitrogens with one attached hydrogen (secondary N) is 1. The average molecular weight is 301 g/mol. The maximum atomic E-state index is 12.8. The summed E-state index contributed by atoms with van der Waals surface area (Å²) in [7, 11) is -0.740. The second-order valence-electron chi connectivity index (χ2n) is 6.35. The minimum Gasteiger partial charge on any atom is -0.377 e. The first-order chi connectivity index (χ1) is 9.74. The molecule has 2 fully saturated rings. The van der Waals surface area contributed by atoms with Gasteiger partial charge >= 0.3 is 0 Å². The Hall–Kier alpha value is 0.0700. The smallest absolute Gasteiger partial charge is 0.0691 e. The molecule has 3 nitrogen and oxygen atoms in total. The summed E-state index contributed by atoms with van der Waals surface area (Å²) in [5, 5.41) is 3.91. The molecule has 1 heterocycles. The van der Waals surface area contributed by atoms with Crippen molar-refractivity contribution >= 4 is 10.8 Å². The van der Waals surface area contributed by atoms with E-state index in [9.17, 15) is 4.21 Å². The number of hydrogen-bond acceptors (Lipinski definition) is 3. The summed E-state index contributed by atoms with van der Waals surface area (Å²) in [5.74, 6) is 1.54. The molecule has 1 aliphatic carbocycles. The lowest BCUT2D eigenvalue weighted by Crippen LogP contribution is -2.47. The lowest BCUT2D eigenvalue weighted by Gasteiger charge is -2.36. The van der Waals surface area contributed by atoms with Crippen LogP contribution in [0.5, 0.6) is 0 Å². The van der Waals surface area contributed by atoms with Crippen molar-refractivity contribution in [1.29, 1.82) is 0 Å². The van der Waals surface area contributed by atoms with Crippen LogP contribution in [0.4, 0.5) is 0 Å². The Bertz CT molecular complexity index is 305. The van der Waals surface area contributed by atoms with Gasteiger partial charge in [0.2, 0.25) is 0 Å². The van der Waals surface area contributed by atoms with Crippen LogP contribution < -0.4 is 5.32 Å². The summed E-state index contributed by atoms with van der Waals surface area (Å²) < 4.78 is 18.5. The first-order valence-electron chi connectivity index (χ1n) is 8.46. The lowest BCUT2D eigenvalue weighted by molar-refractivity contribution is 0.128. The van der Waals surface area contributed by atoms with Crippen LogP contribution in [0.3, 0.4) is 0 Å². The van der Waals surface area contributed by atoms with Gasteiger partial charge in [0.1, 0.15) is 0 Å². The van der Waals surface area contributed by atoms with Gasteiger partial charge in [0.05, 0.1) is 17.1 Å². The summed E-state index contributed by atoms with van der Waals surface area (Å²) in [4.78, 5) is 0. The molecule has 1 aliphatic heterocycles. The van der Waals surface area contributed by atoms with Gasteiger partial charge < -0.3 is 10.1 Å². The van der Waals surface area contributed by atoms with Crippen molar-refractivity contribution in [2.75, 3.05) is 18.9 Å². The molecule has 118 valence electrons. The lowest BCUT2D eigenvalue weighted by atomic mass is 9.83. The first-order valence-corrected chi connectivity index (χ1v) is 9.85. The zero-order chi connectivity index (χ0) is 14.4. The third-order valence-corrected chi connectivity index (χ3v) is 6.67. The highest BCUT2D eigenvalue weighted by Gasteiger charge is 2.34. The largest absolute Gasteiger partial charge is 0.377 e. The van der Waals surface area contributed by atoms with Crippen molar-refractivity contribution in [3.05, 3.63) is 0 Å². The summed E-state index contributed by atoms with van der Waals surface area (Å²) in [5.41, 5.74) is 0. The second-order valence-corrected chi connectivity index (χ2v) is 8.05. The minimum absolute atomic E-state index is 0.254. The van der Waals surface area contributed by atoms with Gasteiger partial charge in [-0.2, -0.15) is 0 Å². The van der Waals surface area contributed by atoms with Crippen LogP contribution in [-0.2, 0) is 15.5 Å². The first kappa shape index (κ1) is 16.4. The monoisotopic (exact) mass is 301 g/mol.